The largest absolute Gasteiger partial charge is 0.309 e. The molecule has 0 amide bonds. The van der Waals surface area contributed by atoms with Gasteiger partial charge >= 0.3 is 0 Å². The van der Waals surface area contributed by atoms with Crippen LogP contribution in [0.2, 0.25) is 0 Å². The summed E-state index contributed by atoms with van der Waals surface area (Å²) in [5.41, 5.74) is 14.3. The average Bonchev–Trinajstić information content (AvgIpc) is 3.78. The zero-order chi connectivity index (χ0) is 38.5. The van der Waals surface area contributed by atoms with Crippen molar-refractivity contribution in [2.45, 2.75) is 59.4 Å². The Bertz CT molecular complexity index is 2830. The minimum absolute atomic E-state index is 0.334. The van der Waals surface area contributed by atoms with E-state index in [1.165, 1.54) is 44.1 Å². The molecule has 0 N–H and O–H groups in total. The van der Waals surface area contributed by atoms with Crippen LogP contribution in [0.5, 0.6) is 0 Å². The Morgan fingerprint density at radius 3 is 1.88 bits per heavy atom. The van der Waals surface area contributed by atoms with Crippen molar-refractivity contribution in [1.29, 1.82) is 0 Å². The third-order valence-electron chi connectivity index (χ3n) is 11.1. The lowest BCUT2D eigenvalue weighted by atomic mass is 9.85. The minimum atomic E-state index is 0.334. The van der Waals surface area contributed by atoms with E-state index < -0.39 is 0 Å². The number of rotatable bonds is 9. The third kappa shape index (κ3) is 6.04. The van der Waals surface area contributed by atoms with Gasteiger partial charge in [0.25, 0.3) is 0 Å². The highest BCUT2D eigenvalue weighted by Gasteiger charge is 2.23. The molecule has 0 saturated heterocycles. The SMILES string of the molecule is CC(C)c1cccc(C(C)C)c1-c1ccnc(-n2c3ccccc3c3ccc(N(c4ccccc4)c4cccc(-n5[cH+]n(C(C)C)c6ccccc65)c4)cc32)c1. The predicted octanol–water partition coefficient (Wildman–Crippen LogP) is 14.2. The summed E-state index contributed by atoms with van der Waals surface area (Å²) < 4.78 is 7.00. The van der Waals surface area contributed by atoms with E-state index in [1.807, 2.05) is 6.20 Å². The zero-order valence-corrected chi connectivity index (χ0v) is 33.1. The molecule has 3 heterocycles. The Balaban J connectivity index is 1.24. The second kappa shape index (κ2) is 14.3. The van der Waals surface area contributed by atoms with Crippen LogP contribution in [0.1, 0.15) is 70.5 Å². The van der Waals surface area contributed by atoms with Gasteiger partial charge in [0.1, 0.15) is 11.5 Å². The van der Waals surface area contributed by atoms with E-state index in [4.69, 9.17) is 4.98 Å². The molecule has 0 saturated carbocycles. The second-order valence-electron chi connectivity index (χ2n) is 15.7. The van der Waals surface area contributed by atoms with E-state index in [0.717, 1.165) is 39.6 Å². The molecule has 0 spiro atoms. The normalized spacial score (nSPS) is 11.9. The molecule has 5 nitrogen and oxygen atoms in total. The van der Waals surface area contributed by atoms with Crippen LogP contribution >= 0.6 is 0 Å². The Hall–Kier alpha value is -6.46. The van der Waals surface area contributed by atoms with Gasteiger partial charge in [-0.1, -0.05) is 88.4 Å². The zero-order valence-electron chi connectivity index (χ0n) is 33.1. The quantitative estimate of drug-likeness (QED) is 0.138. The highest BCUT2D eigenvalue weighted by atomic mass is 15.2. The number of hydrogen-bond donors (Lipinski definition) is 0. The first-order chi connectivity index (χ1) is 27.3. The summed E-state index contributed by atoms with van der Waals surface area (Å²) in [5, 5.41) is 2.40. The van der Waals surface area contributed by atoms with E-state index in [1.54, 1.807) is 0 Å². The summed E-state index contributed by atoms with van der Waals surface area (Å²) in [7, 11) is 0. The summed E-state index contributed by atoms with van der Waals surface area (Å²) in [5.74, 6) is 1.70. The highest BCUT2D eigenvalue weighted by Crippen LogP contribution is 2.41. The number of aromatic nitrogens is 4. The molecule has 6 aromatic carbocycles. The molecule has 9 aromatic rings. The van der Waals surface area contributed by atoms with Gasteiger partial charge in [0.2, 0.25) is 0 Å². The number of para-hydroxylation sites is 4. The average molecular weight is 731 g/mol. The maximum absolute atomic E-state index is 5.08. The molecule has 0 unspecified atom stereocenters. The fourth-order valence-corrected chi connectivity index (χ4v) is 8.48. The van der Waals surface area contributed by atoms with Crippen LogP contribution in [0.15, 0.2) is 164 Å². The van der Waals surface area contributed by atoms with Gasteiger partial charge in [0.15, 0.2) is 17.4 Å². The van der Waals surface area contributed by atoms with E-state index in [-0.39, 0.29) is 0 Å². The maximum Gasteiger partial charge on any atom is 0.191 e. The number of nitrogens with zero attached hydrogens (tertiary/aromatic N) is 5. The van der Waals surface area contributed by atoms with Crippen molar-refractivity contribution < 1.29 is 0 Å². The van der Waals surface area contributed by atoms with Crippen molar-refractivity contribution in [2.24, 2.45) is 0 Å². The van der Waals surface area contributed by atoms with Gasteiger partial charge in [-0.25, -0.2) is 9.55 Å². The predicted molar refractivity (Wildman–Crippen MR) is 236 cm³/mol. The highest BCUT2D eigenvalue weighted by molar-refractivity contribution is 6.10. The first kappa shape index (κ1) is 35.3. The Morgan fingerprint density at radius 2 is 1.14 bits per heavy atom. The molecular weight excluding hydrogens is 683 g/mol. The molecule has 3 aromatic heterocycles. The van der Waals surface area contributed by atoms with Crippen molar-refractivity contribution in [3.05, 3.63) is 175 Å². The number of imidazole rings is 1. The van der Waals surface area contributed by atoms with Crippen LogP contribution in [0.25, 0.3) is 55.5 Å². The Morgan fingerprint density at radius 1 is 0.518 bits per heavy atom. The molecule has 56 heavy (non-hydrogen) atoms. The smallest absolute Gasteiger partial charge is 0.191 e. The Kier molecular flexibility index (Phi) is 9.01. The lowest BCUT2D eigenvalue weighted by Gasteiger charge is -2.25. The molecule has 0 aliphatic heterocycles. The van der Waals surface area contributed by atoms with Crippen molar-refractivity contribution in [3.63, 3.8) is 0 Å². The summed E-state index contributed by atoms with van der Waals surface area (Å²) in [6.07, 6.45) is 4.21. The van der Waals surface area contributed by atoms with Crippen LogP contribution in [0, 0.1) is 0 Å². The van der Waals surface area contributed by atoms with Gasteiger partial charge in [-0.15, -0.1) is 0 Å². The molecule has 0 bridgehead atoms. The number of fused-ring (bicyclic) bond motifs is 4. The number of hydrogen-bond acceptors (Lipinski definition) is 2. The summed E-state index contributed by atoms with van der Waals surface area (Å²) in [6.45, 7) is 13.6. The van der Waals surface area contributed by atoms with Crippen molar-refractivity contribution in [1.82, 2.24) is 18.7 Å². The number of benzene rings is 6. The summed E-state index contributed by atoms with van der Waals surface area (Å²) >= 11 is 0. The first-order valence-electron chi connectivity index (χ1n) is 19.9. The van der Waals surface area contributed by atoms with Gasteiger partial charge in [-0.3, -0.25) is 4.57 Å². The fraction of sp³-hybridized carbons (Fsp3) is 0.176. The lowest BCUT2D eigenvalue weighted by Crippen LogP contribution is -2.10. The van der Waals surface area contributed by atoms with Crippen molar-refractivity contribution >= 4 is 49.9 Å². The lowest BCUT2D eigenvalue weighted by molar-refractivity contribution is 0.612. The van der Waals surface area contributed by atoms with Crippen molar-refractivity contribution in [3.8, 4) is 22.6 Å². The minimum Gasteiger partial charge on any atom is -0.309 e. The van der Waals surface area contributed by atoms with Gasteiger partial charge < -0.3 is 4.90 Å². The Labute approximate surface area is 329 Å². The molecule has 0 radical (unpaired) electrons. The van der Waals surface area contributed by atoms with E-state index >= 15 is 0 Å². The summed E-state index contributed by atoms with van der Waals surface area (Å²) in [4.78, 5) is 7.44. The van der Waals surface area contributed by atoms with Crippen molar-refractivity contribution in [2.75, 3.05) is 4.90 Å². The molecule has 0 fully saturated rings. The molecule has 0 atom stereocenters. The van der Waals surface area contributed by atoms with Crippen LogP contribution < -0.4 is 4.90 Å². The van der Waals surface area contributed by atoms with Crippen LogP contribution in [0.3, 0.4) is 0 Å². The topological polar surface area (TPSA) is 30.9 Å². The van der Waals surface area contributed by atoms with E-state index in [9.17, 15) is 0 Å². The van der Waals surface area contributed by atoms with E-state index in [2.05, 4.69) is 218 Å². The number of pyridine rings is 1. The summed E-state index contributed by atoms with van der Waals surface area (Å²) in [6, 6.07) is 55.4. The molecule has 0 aliphatic rings. The standard InChI is InChI=1S/C51H48N5/c1-34(2)42-21-15-22-43(35(3)4)51(42)37-28-29-52-50(30-37)56-46-23-11-10-20-44(46)45-27-26-41(32-49(45)56)55(38-16-8-7-9-17-38)40-19-14-18-39(31-40)54-33-53(36(5)6)47-24-12-13-25-48(47)54/h7-36H,1-6H3/q+1. The van der Waals surface area contributed by atoms with Gasteiger partial charge in [0.05, 0.1) is 22.8 Å². The monoisotopic (exact) mass is 730 g/mol. The molecule has 0 aliphatic carbocycles. The van der Waals surface area contributed by atoms with Crippen LogP contribution in [-0.2, 0) is 0 Å². The molecule has 276 valence electrons. The second-order valence-corrected chi connectivity index (χ2v) is 15.7. The van der Waals surface area contributed by atoms with Crippen LogP contribution in [-0.4, -0.2) is 18.7 Å². The fourth-order valence-electron chi connectivity index (χ4n) is 8.48. The van der Waals surface area contributed by atoms with Gasteiger partial charge in [-0.05, 0) is 115 Å². The van der Waals surface area contributed by atoms with Crippen LogP contribution in [0.4, 0.5) is 17.1 Å². The molecular formula is C51H48N5+. The number of anilines is 3. The first-order valence-corrected chi connectivity index (χ1v) is 19.9. The van der Waals surface area contributed by atoms with Gasteiger partial charge in [0, 0.05) is 52.6 Å². The third-order valence-corrected chi connectivity index (χ3v) is 11.1. The maximum atomic E-state index is 5.08. The van der Waals surface area contributed by atoms with Gasteiger partial charge in [-0.2, -0.15) is 4.57 Å². The molecule has 9 rings (SSSR count). The molecule has 5 heteroatoms. The van der Waals surface area contributed by atoms with E-state index in [0.29, 0.717) is 17.9 Å².